The fourth-order valence-corrected chi connectivity index (χ4v) is 2.63. The molecular formula is C19H20N4. The van der Waals surface area contributed by atoms with Crippen LogP contribution in [0.5, 0.6) is 0 Å². The van der Waals surface area contributed by atoms with Crippen LogP contribution in [0.1, 0.15) is 23.4 Å². The van der Waals surface area contributed by atoms with E-state index >= 15 is 0 Å². The molecule has 1 atom stereocenters. The molecule has 2 aromatic rings. The van der Waals surface area contributed by atoms with Crippen molar-refractivity contribution in [3.63, 3.8) is 0 Å². The maximum atomic E-state index is 5.99. The molecular weight excluding hydrogens is 284 g/mol. The number of nitrogens with two attached hydrogens (primary N) is 1. The number of aromatic nitrogens is 2. The number of nitrogens with zero attached hydrogens (tertiary/aromatic N) is 2. The molecule has 1 aromatic carbocycles. The molecule has 0 saturated heterocycles. The average Bonchev–Trinajstić information content (AvgIpc) is 2.57. The summed E-state index contributed by atoms with van der Waals surface area (Å²) in [6, 6.07) is 10.4. The minimum absolute atomic E-state index is 0.314. The van der Waals surface area contributed by atoms with E-state index in [9.17, 15) is 0 Å². The van der Waals surface area contributed by atoms with Crippen molar-refractivity contribution in [1.29, 1.82) is 0 Å². The van der Waals surface area contributed by atoms with Crippen molar-refractivity contribution in [2.75, 3.05) is 12.3 Å². The largest absolute Gasteiger partial charge is 0.383 e. The summed E-state index contributed by atoms with van der Waals surface area (Å²) >= 11 is 0. The monoisotopic (exact) mass is 304 g/mol. The van der Waals surface area contributed by atoms with E-state index in [1.54, 1.807) is 0 Å². The second kappa shape index (κ2) is 7.08. The molecule has 0 amide bonds. The van der Waals surface area contributed by atoms with Gasteiger partial charge < -0.3 is 11.1 Å². The number of hydrogen-bond acceptors (Lipinski definition) is 4. The van der Waals surface area contributed by atoms with Crippen molar-refractivity contribution in [3.8, 4) is 11.8 Å². The second-order valence-electron chi connectivity index (χ2n) is 5.69. The highest BCUT2D eigenvalue weighted by atomic mass is 14.9. The highest BCUT2D eigenvalue weighted by Crippen LogP contribution is 2.17. The Balaban J connectivity index is 1.66. The van der Waals surface area contributed by atoms with Gasteiger partial charge in [0.15, 0.2) is 0 Å². The van der Waals surface area contributed by atoms with Gasteiger partial charge in [0.05, 0.1) is 0 Å². The van der Waals surface area contributed by atoms with Gasteiger partial charge in [0.25, 0.3) is 0 Å². The van der Waals surface area contributed by atoms with Gasteiger partial charge in [0.2, 0.25) is 0 Å². The van der Waals surface area contributed by atoms with Gasteiger partial charge >= 0.3 is 0 Å². The first kappa shape index (κ1) is 15.3. The van der Waals surface area contributed by atoms with E-state index in [0.717, 1.165) is 30.5 Å². The average molecular weight is 304 g/mol. The zero-order chi connectivity index (χ0) is 16.1. The third-order valence-corrected chi connectivity index (χ3v) is 3.85. The summed E-state index contributed by atoms with van der Waals surface area (Å²) in [6.45, 7) is 2.68. The summed E-state index contributed by atoms with van der Waals surface area (Å²) in [5, 5.41) is 3.48. The molecule has 1 unspecified atom stereocenters. The van der Waals surface area contributed by atoms with Crippen LogP contribution in [0.25, 0.3) is 0 Å². The third-order valence-electron chi connectivity index (χ3n) is 3.85. The third kappa shape index (κ3) is 4.18. The Morgan fingerprint density at radius 2 is 2.09 bits per heavy atom. The Morgan fingerprint density at radius 1 is 1.26 bits per heavy atom. The summed E-state index contributed by atoms with van der Waals surface area (Å²) in [5.41, 5.74) is 9.19. The van der Waals surface area contributed by atoms with E-state index in [4.69, 9.17) is 5.73 Å². The van der Waals surface area contributed by atoms with Gasteiger partial charge in [0, 0.05) is 35.5 Å². The molecule has 0 saturated carbocycles. The molecule has 3 N–H and O–H groups in total. The van der Waals surface area contributed by atoms with E-state index in [1.165, 1.54) is 5.57 Å². The van der Waals surface area contributed by atoms with Crippen molar-refractivity contribution in [2.45, 2.75) is 25.8 Å². The van der Waals surface area contributed by atoms with E-state index in [0.29, 0.717) is 17.7 Å². The summed E-state index contributed by atoms with van der Waals surface area (Å²) in [4.78, 5) is 8.47. The Morgan fingerprint density at radius 3 is 2.87 bits per heavy atom. The van der Waals surface area contributed by atoms with E-state index in [2.05, 4.69) is 33.2 Å². The van der Waals surface area contributed by atoms with Gasteiger partial charge in [-0.3, -0.25) is 0 Å². The molecule has 0 aliphatic carbocycles. The zero-order valence-corrected chi connectivity index (χ0v) is 13.2. The second-order valence-corrected chi connectivity index (χ2v) is 5.69. The van der Waals surface area contributed by atoms with Crippen LogP contribution in [-0.2, 0) is 6.42 Å². The van der Waals surface area contributed by atoms with E-state index < -0.39 is 0 Å². The summed E-state index contributed by atoms with van der Waals surface area (Å²) < 4.78 is 0. The Labute approximate surface area is 136 Å². The van der Waals surface area contributed by atoms with Crippen molar-refractivity contribution in [1.82, 2.24) is 15.3 Å². The fourth-order valence-electron chi connectivity index (χ4n) is 2.63. The first-order chi connectivity index (χ1) is 11.2. The van der Waals surface area contributed by atoms with Crippen LogP contribution < -0.4 is 11.1 Å². The maximum Gasteiger partial charge on any atom is 0.130 e. The number of nitrogen functional groups attached to an aromatic ring is 1. The van der Waals surface area contributed by atoms with Crippen molar-refractivity contribution in [2.24, 2.45) is 0 Å². The lowest BCUT2D eigenvalue weighted by atomic mass is 9.97. The summed E-state index contributed by atoms with van der Waals surface area (Å²) in [5.74, 6) is 7.79. The molecule has 0 fully saturated rings. The van der Waals surface area contributed by atoms with Gasteiger partial charge in [-0.25, -0.2) is 9.97 Å². The minimum atomic E-state index is 0.314. The lowest BCUT2D eigenvalue weighted by molar-refractivity contribution is 0.516. The van der Waals surface area contributed by atoms with Gasteiger partial charge in [-0.15, -0.1) is 0 Å². The molecule has 3 rings (SSSR count). The minimum Gasteiger partial charge on any atom is -0.383 e. The predicted octanol–water partition coefficient (Wildman–Crippen LogP) is 2.25. The van der Waals surface area contributed by atoms with Crippen LogP contribution in [0.15, 0.2) is 48.2 Å². The Bertz CT molecular complexity index is 769. The van der Waals surface area contributed by atoms with Crippen LogP contribution in [0.3, 0.4) is 0 Å². The number of anilines is 1. The van der Waals surface area contributed by atoms with Crippen LogP contribution in [0.4, 0.5) is 5.82 Å². The first-order valence-electron chi connectivity index (χ1n) is 7.78. The molecule has 1 aliphatic heterocycles. The number of nitrogens with one attached hydrogen (secondary N) is 1. The lowest BCUT2D eigenvalue weighted by Gasteiger charge is -2.22. The molecule has 4 heteroatoms. The van der Waals surface area contributed by atoms with E-state index in [1.807, 2.05) is 43.5 Å². The van der Waals surface area contributed by atoms with Gasteiger partial charge in [-0.1, -0.05) is 36.1 Å². The molecule has 23 heavy (non-hydrogen) atoms. The standard InChI is InChI=1S/C19H20N4/c1-14-22-13-17(19(20)23-14)12-18-11-16(9-10-21-18)8-7-15-5-3-2-4-6-15/h2-6,9,13,18,21H,10-12H2,1H3,(H2,20,22,23). The maximum absolute atomic E-state index is 5.99. The quantitative estimate of drug-likeness (QED) is 0.835. The molecule has 4 nitrogen and oxygen atoms in total. The number of benzene rings is 1. The molecule has 0 bridgehead atoms. The molecule has 0 spiro atoms. The zero-order valence-electron chi connectivity index (χ0n) is 13.2. The Kier molecular flexibility index (Phi) is 4.70. The first-order valence-corrected chi connectivity index (χ1v) is 7.78. The predicted molar refractivity (Wildman–Crippen MR) is 92.7 cm³/mol. The lowest BCUT2D eigenvalue weighted by Crippen LogP contribution is -2.35. The smallest absolute Gasteiger partial charge is 0.130 e. The Hall–Kier alpha value is -2.64. The molecule has 1 aromatic heterocycles. The van der Waals surface area contributed by atoms with Crippen molar-refractivity contribution >= 4 is 5.82 Å². The SMILES string of the molecule is Cc1ncc(CC2CC(C#Cc3ccccc3)=CCN2)c(N)n1. The molecule has 2 heterocycles. The van der Waals surface area contributed by atoms with Crippen LogP contribution in [0, 0.1) is 18.8 Å². The van der Waals surface area contributed by atoms with Crippen LogP contribution in [-0.4, -0.2) is 22.6 Å². The van der Waals surface area contributed by atoms with Gasteiger partial charge in [-0.05, 0) is 31.9 Å². The summed E-state index contributed by atoms with van der Waals surface area (Å²) in [7, 11) is 0. The molecule has 0 radical (unpaired) electrons. The van der Waals surface area contributed by atoms with Crippen LogP contribution in [0.2, 0.25) is 0 Å². The van der Waals surface area contributed by atoms with E-state index in [-0.39, 0.29) is 0 Å². The van der Waals surface area contributed by atoms with Crippen molar-refractivity contribution < 1.29 is 0 Å². The fraction of sp³-hybridized carbons (Fsp3) is 0.263. The number of hydrogen-bond donors (Lipinski definition) is 2. The molecule has 116 valence electrons. The van der Waals surface area contributed by atoms with Gasteiger partial charge in [0.1, 0.15) is 11.6 Å². The normalized spacial score (nSPS) is 17.1. The van der Waals surface area contributed by atoms with Crippen molar-refractivity contribution in [3.05, 3.63) is 65.1 Å². The number of rotatable bonds is 2. The van der Waals surface area contributed by atoms with Gasteiger partial charge in [-0.2, -0.15) is 0 Å². The number of aryl methyl sites for hydroxylation is 1. The van der Waals surface area contributed by atoms with Crippen LogP contribution >= 0.6 is 0 Å². The highest BCUT2D eigenvalue weighted by Gasteiger charge is 2.16. The highest BCUT2D eigenvalue weighted by molar-refractivity contribution is 5.42. The topological polar surface area (TPSA) is 63.8 Å². The molecule has 1 aliphatic rings. The summed E-state index contributed by atoms with van der Waals surface area (Å²) in [6.07, 6.45) is 5.69.